The van der Waals surface area contributed by atoms with Gasteiger partial charge in [-0.15, -0.1) is 0 Å². The number of unbranched alkanes of at least 4 members (excludes halogenated alkanes) is 23. The number of nitrogens with one attached hydrogen (secondary N) is 1. The lowest BCUT2D eigenvalue weighted by Gasteiger charge is -2.41. The van der Waals surface area contributed by atoms with Crippen molar-refractivity contribution in [2.75, 3.05) is 13.2 Å². The van der Waals surface area contributed by atoms with Crippen LogP contribution in [0, 0.1) is 0 Å². The van der Waals surface area contributed by atoms with Crippen molar-refractivity contribution in [1.82, 2.24) is 5.32 Å². The topological polar surface area (TPSA) is 175 Å². The highest BCUT2D eigenvalue weighted by Gasteiger charge is 2.47. The van der Waals surface area contributed by atoms with Gasteiger partial charge in [0.05, 0.1) is 25.4 Å². The van der Waals surface area contributed by atoms with Gasteiger partial charge in [-0.2, -0.15) is 0 Å². The SMILES string of the molecule is CC/C=C/C=C/C=C/CCCCCCCCCC(=O)OC1C(OCC(NC(=O)C(O)C/C=C/C/C=C\CCCCCCCC)C(O)/C=C/CCCCCCCCCCCC)OC(CO)C(O)C1O. The minimum absolute atomic E-state index is 0.0785. The quantitative estimate of drug-likeness (QED) is 0.0149. The molecule has 1 rings (SSSR count). The van der Waals surface area contributed by atoms with Crippen LogP contribution in [0.15, 0.2) is 72.9 Å². The van der Waals surface area contributed by atoms with E-state index in [-0.39, 0.29) is 19.4 Å². The Balaban J connectivity index is 2.80. The highest BCUT2D eigenvalue weighted by Crippen LogP contribution is 2.26. The largest absolute Gasteiger partial charge is 0.454 e. The summed E-state index contributed by atoms with van der Waals surface area (Å²) in [6.45, 7) is 5.57. The van der Waals surface area contributed by atoms with Gasteiger partial charge in [-0.25, -0.2) is 0 Å². The number of hydrogen-bond donors (Lipinski definition) is 6. The number of rotatable bonds is 44. The van der Waals surface area contributed by atoms with Crippen molar-refractivity contribution in [2.45, 2.75) is 262 Å². The molecule has 1 aliphatic rings. The fraction of sp³-hybridized carbons (Fsp3) is 0.754. The third kappa shape index (κ3) is 33.6. The highest BCUT2D eigenvalue weighted by molar-refractivity contribution is 5.81. The number of hydrogen-bond acceptors (Lipinski definition) is 10. The van der Waals surface area contributed by atoms with Gasteiger partial charge in [0.1, 0.15) is 24.4 Å². The summed E-state index contributed by atoms with van der Waals surface area (Å²) < 4.78 is 17.5. The number of carbonyl (C=O) groups is 2. The lowest BCUT2D eigenvalue weighted by molar-refractivity contribution is -0.305. The molecule has 1 aliphatic heterocycles. The predicted molar refractivity (Wildman–Crippen MR) is 278 cm³/mol. The molecule has 68 heavy (non-hydrogen) atoms. The van der Waals surface area contributed by atoms with E-state index in [4.69, 9.17) is 14.2 Å². The molecule has 1 fully saturated rings. The fourth-order valence-electron chi connectivity index (χ4n) is 8.05. The second kappa shape index (κ2) is 45.3. The Morgan fingerprint density at radius 2 is 1.12 bits per heavy atom. The average Bonchev–Trinajstić information content (AvgIpc) is 3.33. The summed E-state index contributed by atoms with van der Waals surface area (Å²) in [6, 6.07) is -1.06. The van der Waals surface area contributed by atoms with Crippen LogP contribution in [0.3, 0.4) is 0 Å². The predicted octanol–water partition coefficient (Wildman–Crippen LogP) is 11.7. The van der Waals surface area contributed by atoms with Crippen LogP contribution in [0.5, 0.6) is 0 Å². The van der Waals surface area contributed by atoms with Crippen LogP contribution in [-0.2, 0) is 23.8 Å². The molecule has 0 spiro atoms. The maximum Gasteiger partial charge on any atom is 0.306 e. The first-order valence-corrected chi connectivity index (χ1v) is 27.2. The van der Waals surface area contributed by atoms with Crippen molar-refractivity contribution < 1.29 is 49.3 Å². The van der Waals surface area contributed by atoms with Crippen LogP contribution in [0.1, 0.15) is 213 Å². The standard InChI is InChI=1S/C57H99NO10/c1-4-7-10-13-16-19-22-25-26-27-30-33-36-39-42-45-52(62)68-55-54(64)53(63)51(46-59)67-57(55)66-47-48(49(60)43-40-37-34-31-28-23-20-17-14-11-8-5-2)58-56(65)50(61)44-41-38-35-32-29-24-21-18-15-12-9-6-3/h7,10,13,16,19,22,29,32,38,40-41,43,48-51,53-55,57,59-61,63-64H,4-6,8-9,11-12,14-15,17-18,20-21,23-28,30-31,33-37,39,42,44-47H2,1-3H3,(H,58,65)/b10-7+,16-13+,22-19+,32-29-,41-38+,43-40+. The summed E-state index contributed by atoms with van der Waals surface area (Å²) in [6.07, 6.45) is 45.4. The van der Waals surface area contributed by atoms with Crippen LogP contribution < -0.4 is 5.32 Å². The number of aliphatic hydroxyl groups is 5. The van der Waals surface area contributed by atoms with Crippen LogP contribution in [0.2, 0.25) is 0 Å². The monoisotopic (exact) mass is 958 g/mol. The summed E-state index contributed by atoms with van der Waals surface area (Å²) in [7, 11) is 0. The molecule has 1 amide bonds. The minimum Gasteiger partial charge on any atom is -0.454 e. The Kier molecular flexibility index (Phi) is 42.0. The molecule has 8 atom stereocenters. The molecule has 0 aliphatic carbocycles. The number of ether oxygens (including phenoxy) is 3. The van der Waals surface area contributed by atoms with Gasteiger partial charge >= 0.3 is 5.97 Å². The van der Waals surface area contributed by atoms with E-state index < -0.39 is 67.4 Å². The van der Waals surface area contributed by atoms with Gasteiger partial charge in [-0.3, -0.25) is 9.59 Å². The fourth-order valence-corrected chi connectivity index (χ4v) is 8.05. The maximum atomic E-state index is 13.3. The molecule has 0 aromatic rings. The van der Waals surface area contributed by atoms with Gasteiger partial charge in [0.25, 0.3) is 0 Å². The maximum absolute atomic E-state index is 13.3. The van der Waals surface area contributed by atoms with E-state index in [0.717, 1.165) is 83.5 Å². The van der Waals surface area contributed by atoms with Crippen molar-refractivity contribution in [3.63, 3.8) is 0 Å². The van der Waals surface area contributed by atoms with Gasteiger partial charge in [-0.1, -0.05) is 216 Å². The average molecular weight is 958 g/mol. The summed E-state index contributed by atoms with van der Waals surface area (Å²) in [4.78, 5) is 26.3. The Bertz CT molecular complexity index is 1380. The van der Waals surface area contributed by atoms with Crippen LogP contribution >= 0.6 is 0 Å². The third-order valence-electron chi connectivity index (χ3n) is 12.4. The molecule has 0 saturated carbocycles. The molecule has 8 unspecified atom stereocenters. The first kappa shape index (κ1) is 63.1. The summed E-state index contributed by atoms with van der Waals surface area (Å²) in [5, 5.41) is 56.5. The van der Waals surface area contributed by atoms with E-state index in [1.165, 1.54) is 83.5 Å². The molecule has 6 N–H and O–H groups in total. The lowest BCUT2D eigenvalue weighted by atomic mass is 9.99. The van der Waals surface area contributed by atoms with Crippen molar-refractivity contribution in [3.8, 4) is 0 Å². The molecular formula is C57H99NO10. The molecule has 0 radical (unpaired) electrons. The third-order valence-corrected chi connectivity index (χ3v) is 12.4. The zero-order chi connectivity index (χ0) is 49.7. The normalized spacial score (nSPS) is 20.5. The number of carbonyl (C=O) groups excluding carboxylic acids is 2. The molecule has 0 aromatic heterocycles. The molecule has 0 bridgehead atoms. The second-order valence-electron chi connectivity index (χ2n) is 18.6. The Morgan fingerprint density at radius 1 is 0.603 bits per heavy atom. The van der Waals surface area contributed by atoms with E-state index in [1.54, 1.807) is 12.2 Å². The molecule has 11 heteroatoms. The van der Waals surface area contributed by atoms with E-state index in [0.29, 0.717) is 12.8 Å². The van der Waals surface area contributed by atoms with Crippen molar-refractivity contribution in [3.05, 3.63) is 72.9 Å². The zero-order valence-electron chi connectivity index (χ0n) is 43.0. The van der Waals surface area contributed by atoms with E-state index in [2.05, 4.69) is 62.5 Å². The zero-order valence-corrected chi connectivity index (χ0v) is 43.0. The summed E-state index contributed by atoms with van der Waals surface area (Å²) in [5.74, 6) is -1.28. The molecule has 1 heterocycles. The molecule has 1 saturated heterocycles. The van der Waals surface area contributed by atoms with Crippen LogP contribution in [0.4, 0.5) is 0 Å². The first-order valence-electron chi connectivity index (χ1n) is 27.2. The number of aliphatic hydroxyl groups excluding tert-OH is 5. The Hall–Kier alpha value is -2.90. The van der Waals surface area contributed by atoms with Crippen molar-refractivity contribution in [2.24, 2.45) is 0 Å². The van der Waals surface area contributed by atoms with E-state index in [9.17, 15) is 35.1 Å². The number of amides is 1. The molecule has 0 aromatic carbocycles. The van der Waals surface area contributed by atoms with Gasteiger partial charge < -0.3 is 45.1 Å². The van der Waals surface area contributed by atoms with Gasteiger partial charge in [0, 0.05) is 12.8 Å². The second-order valence-corrected chi connectivity index (χ2v) is 18.6. The van der Waals surface area contributed by atoms with Gasteiger partial charge in [0.15, 0.2) is 12.4 Å². The molecule has 392 valence electrons. The van der Waals surface area contributed by atoms with Crippen molar-refractivity contribution >= 4 is 11.9 Å². The lowest BCUT2D eigenvalue weighted by Crippen LogP contribution is -2.61. The summed E-state index contributed by atoms with van der Waals surface area (Å²) >= 11 is 0. The number of allylic oxidation sites excluding steroid dienone is 10. The molecular weight excluding hydrogens is 859 g/mol. The Morgan fingerprint density at radius 3 is 1.69 bits per heavy atom. The number of esters is 1. The Labute approximate surface area is 413 Å². The minimum atomic E-state index is -1.63. The molecule has 11 nitrogen and oxygen atoms in total. The van der Waals surface area contributed by atoms with Crippen molar-refractivity contribution in [1.29, 1.82) is 0 Å². The van der Waals surface area contributed by atoms with E-state index >= 15 is 0 Å². The van der Waals surface area contributed by atoms with Gasteiger partial charge in [-0.05, 0) is 57.8 Å². The van der Waals surface area contributed by atoms with Crippen LogP contribution in [-0.4, -0.2) is 99.6 Å². The smallest absolute Gasteiger partial charge is 0.306 e. The van der Waals surface area contributed by atoms with Crippen LogP contribution in [0.25, 0.3) is 0 Å². The van der Waals surface area contributed by atoms with E-state index in [1.807, 2.05) is 24.3 Å². The van der Waals surface area contributed by atoms with Gasteiger partial charge in [0.2, 0.25) is 5.91 Å². The first-order chi connectivity index (χ1) is 33.2. The highest BCUT2D eigenvalue weighted by atomic mass is 16.7. The summed E-state index contributed by atoms with van der Waals surface area (Å²) in [5.41, 5.74) is 0.